The highest BCUT2D eigenvalue weighted by atomic mass is 31.2. The molecule has 4 rings (SSSR count). The van der Waals surface area contributed by atoms with Gasteiger partial charge in [0, 0.05) is 11.8 Å². The molecular formula is C23H25N2O3P. The normalized spacial score (nSPS) is 12.1. The molecule has 0 aliphatic heterocycles. The second kappa shape index (κ2) is 7.75. The summed E-state index contributed by atoms with van der Waals surface area (Å²) in [5, 5.41) is 0.545. The molecular weight excluding hydrogens is 383 g/mol. The van der Waals surface area contributed by atoms with Crippen LogP contribution in [0, 0.1) is 13.8 Å². The van der Waals surface area contributed by atoms with E-state index >= 15 is 0 Å². The largest absolute Gasteiger partial charge is 0.362 e. The molecule has 0 bridgehead atoms. The van der Waals surface area contributed by atoms with Crippen molar-refractivity contribution in [3.8, 4) is 11.1 Å². The van der Waals surface area contributed by atoms with Crippen LogP contribution in [0.4, 0.5) is 0 Å². The highest BCUT2D eigenvalue weighted by molar-refractivity contribution is 7.62. The van der Waals surface area contributed by atoms with Gasteiger partial charge in [0.05, 0.1) is 29.6 Å². The molecule has 5 nitrogen and oxygen atoms in total. The summed E-state index contributed by atoms with van der Waals surface area (Å²) in [5.41, 5.74) is 6.78. The van der Waals surface area contributed by atoms with E-state index in [1.807, 2.05) is 56.4 Å². The molecule has 0 spiro atoms. The van der Waals surface area contributed by atoms with Crippen LogP contribution < -0.4 is 5.30 Å². The van der Waals surface area contributed by atoms with Gasteiger partial charge >= 0.3 is 7.60 Å². The fourth-order valence-corrected chi connectivity index (χ4v) is 5.43. The second-order valence-corrected chi connectivity index (χ2v) is 9.00. The average Bonchev–Trinajstić information content (AvgIpc) is 3.06. The van der Waals surface area contributed by atoms with Crippen LogP contribution in [-0.2, 0) is 13.6 Å². The number of hydrogen-bond acceptors (Lipinski definition) is 4. The summed E-state index contributed by atoms with van der Waals surface area (Å²) in [6.07, 6.45) is 1.91. The Balaban J connectivity index is 2.12. The lowest BCUT2D eigenvalue weighted by molar-refractivity contribution is 0.230. The third-order valence-corrected chi connectivity index (χ3v) is 7.28. The minimum absolute atomic E-state index is 0.297. The smallest absolute Gasteiger partial charge is 0.305 e. The molecule has 0 aliphatic rings. The zero-order chi connectivity index (χ0) is 20.6. The molecule has 0 amide bonds. The maximum Gasteiger partial charge on any atom is 0.362 e. The van der Waals surface area contributed by atoms with Gasteiger partial charge in [-0.25, -0.2) is 4.98 Å². The summed E-state index contributed by atoms with van der Waals surface area (Å²) in [4.78, 5) is 4.92. The Morgan fingerprint density at radius 1 is 0.966 bits per heavy atom. The Morgan fingerprint density at radius 3 is 2.28 bits per heavy atom. The summed E-state index contributed by atoms with van der Waals surface area (Å²) in [6.45, 7) is 8.42. The van der Waals surface area contributed by atoms with Gasteiger partial charge in [-0.05, 0) is 62.6 Å². The van der Waals surface area contributed by atoms with Gasteiger partial charge < -0.3 is 9.05 Å². The quantitative estimate of drug-likeness (QED) is 0.386. The lowest BCUT2D eigenvalue weighted by atomic mass is 10.1. The summed E-state index contributed by atoms with van der Waals surface area (Å²) >= 11 is 0. The average molecular weight is 408 g/mol. The zero-order valence-electron chi connectivity index (χ0n) is 17.2. The van der Waals surface area contributed by atoms with Crippen molar-refractivity contribution >= 4 is 29.6 Å². The monoisotopic (exact) mass is 408 g/mol. The summed E-state index contributed by atoms with van der Waals surface area (Å²) in [7, 11) is -3.49. The zero-order valence-corrected chi connectivity index (χ0v) is 18.1. The molecule has 0 fully saturated rings. The molecule has 0 saturated heterocycles. The third-order valence-electron chi connectivity index (χ3n) is 5.12. The number of rotatable bonds is 6. The van der Waals surface area contributed by atoms with Crippen molar-refractivity contribution in [3.63, 3.8) is 0 Å². The number of nitrogens with zero attached hydrogens (tertiary/aromatic N) is 2. The van der Waals surface area contributed by atoms with Crippen molar-refractivity contribution in [1.29, 1.82) is 0 Å². The third kappa shape index (κ3) is 3.40. The molecule has 2 heterocycles. The van der Waals surface area contributed by atoms with Crippen LogP contribution >= 0.6 is 7.60 Å². The van der Waals surface area contributed by atoms with Gasteiger partial charge in [0.25, 0.3) is 0 Å². The van der Waals surface area contributed by atoms with E-state index in [4.69, 9.17) is 14.0 Å². The molecule has 4 aromatic rings. The van der Waals surface area contributed by atoms with Crippen LogP contribution in [-0.4, -0.2) is 22.6 Å². The predicted octanol–water partition coefficient (Wildman–Crippen LogP) is 5.66. The van der Waals surface area contributed by atoms with Gasteiger partial charge in [0.2, 0.25) is 0 Å². The molecule has 150 valence electrons. The van der Waals surface area contributed by atoms with Crippen molar-refractivity contribution in [2.75, 3.05) is 13.2 Å². The number of hydrogen-bond donors (Lipinski definition) is 0. The minimum Gasteiger partial charge on any atom is -0.305 e. The van der Waals surface area contributed by atoms with Crippen molar-refractivity contribution in [2.45, 2.75) is 27.7 Å². The van der Waals surface area contributed by atoms with E-state index < -0.39 is 7.60 Å². The topological polar surface area (TPSA) is 52.8 Å². The van der Waals surface area contributed by atoms with E-state index in [1.54, 1.807) is 0 Å². The van der Waals surface area contributed by atoms with Crippen LogP contribution in [0.1, 0.15) is 25.0 Å². The predicted molar refractivity (Wildman–Crippen MR) is 118 cm³/mol. The van der Waals surface area contributed by atoms with E-state index in [0.29, 0.717) is 18.5 Å². The van der Waals surface area contributed by atoms with Gasteiger partial charge in [-0.15, -0.1) is 0 Å². The number of imidazole rings is 1. The lowest BCUT2D eigenvalue weighted by Gasteiger charge is -2.20. The molecule has 6 heteroatoms. The van der Waals surface area contributed by atoms with Crippen molar-refractivity contribution < 1.29 is 13.6 Å². The second-order valence-electron chi connectivity index (χ2n) is 7.01. The van der Waals surface area contributed by atoms with E-state index in [1.165, 1.54) is 11.1 Å². The Hall–Kier alpha value is -2.46. The van der Waals surface area contributed by atoms with Crippen molar-refractivity contribution in [1.82, 2.24) is 9.38 Å². The fourth-order valence-electron chi connectivity index (χ4n) is 3.65. The van der Waals surface area contributed by atoms with Crippen LogP contribution in [0.15, 0.2) is 54.7 Å². The molecule has 0 atom stereocenters. The van der Waals surface area contributed by atoms with Gasteiger partial charge in [-0.3, -0.25) is 8.97 Å². The Morgan fingerprint density at radius 2 is 1.62 bits per heavy atom. The van der Waals surface area contributed by atoms with E-state index in [2.05, 4.69) is 30.4 Å². The standard InChI is InChI=1S/C23H25N2O3P/c1-5-27-29(26,28-6-2)21-12-13-25-20-15-17(4)16(3)14-19(20)24-23(25)22(21)18-10-8-7-9-11-18/h7-15H,5-6H2,1-4H3. The Labute approximate surface area is 170 Å². The minimum atomic E-state index is -3.49. The fraction of sp³-hybridized carbons (Fsp3) is 0.261. The summed E-state index contributed by atoms with van der Waals surface area (Å²) < 4.78 is 27.1. The Bertz CT molecular complexity index is 1220. The molecule has 0 aliphatic carbocycles. The molecule has 2 aromatic carbocycles. The van der Waals surface area contributed by atoms with Crippen LogP contribution in [0.5, 0.6) is 0 Å². The first-order chi connectivity index (χ1) is 14.0. The van der Waals surface area contributed by atoms with Crippen LogP contribution in [0.2, 0.25) is 0 Å². The molecule has 0 N–H and O–H groups in total. The number of aromatic nitrogens is 2. The highest BCUT2D eigenvalue weighted by Gasteiger charge is 2.32. The van der Waals surface area contributed by atoms with Crippen molar-refractivity contribution in [3.05, 3.63) is 65.9 Å². The van der Waals surface area contributed by atoms with E-state index in [9.17, 15) is 4.57 Å². The number of benzene rings is 2. The Kier molecular flexibility index (Phi) is 5.30. The molecule has 0 radical (unpaired) electrons. The van der Waals surface area contributed by atoms with Crippen LogP contribution in [0.3, 0.4) is 0 Å². The van der Waals surface area contributed by atoms with Gasteiger partial charge in [0.1, 0.15) is 5.65 Å². The maximum atomic E-state index is 13.7. The highest BCUT2D eigenvalue weighted by Crippen LogP contribution is 2.50. The number of aryl methyl sites for hydroxylation is 2. The number of pyridine rings is 1. The SMILES string of the molecule is CCOP(=O)(OCC)c1ccn2c(nc3cc(C)c(C)cc32)c1-c1ccccc1. The van der Waals surface area contributed by atoms with Gasteiger partial charge in [0.15, 0.2) is 0 Å². The van der Waals surface area contributed by atoms with E-state index in [0.717, 1.165) is 27.8 Å². The molecule has 29 heavy (non-hydrogen) atoms. The van der Waals surface area contributed by atoms with Gasteiger partial charge in [-0.1, -0.05) is 30.3 Å². The summed E-state index contributed by atoms with van der Waals surface area (Å²) in [5.74, 6) is 0. The van der Waals surface area contributed by atoms with E-state index in [-0.39, 0.29) is 0 Å². The van der Waals surface area contributed by atoms with Gasteiger partial charge in [-0.2, -0.15) is 0 Å². The molecule has 0 saturated carbocycles. The first kappa shape index (κ1) is 19.8. The maximum absolute atomic E-state index is 13.7. The first-order valence-electron chi connectivity index (χ1n) is 9.85. The lowest BCUT2D eigenvalue weighted by Crippen LogP contribution is -2.15. The summed E-state index contributed by atoms with van der Waals surface area (Å²) in [6, 6.07) is 16.0. The van der Waals surface area contributed by atoms with Crippen molar-refractivity contribution in [2.24, 2.45) is 0 Å². The van der Waals surface area contributed by atoms with Crippen LogP contribution in [0.25, 0.3) is 27.8 Å². The number of fused-ring (bicyclic) bond motifs is 3. The first-order valence-corrected chi connectivity index (χ1v) is 11.4. The molecule has 2 aromatic heterocycles. The molecule has 0 unspecified atom stereocenters.